The number of hydrogen-bond donors (Lipinski definition) is 7. The van der Waals surface area contributed by atoms with Crippen molar-refractivity contribution in [3.8, 4) is 0 Å². The molecule has 0 rings (SSSR count). The Morgan fingerprint density at radius 1 is 1.00 bits per heavy atom. The third-order valence-corrected chi connectivity index (χ3v) is 2.14. The van der Waals surface area contributed by atoms with Gasteiger partial charge in [0.15, 0.2) is 5.78 Å². The molecule has 8 nitrogen and oxygen atoms in total. The second-order valence-electron chi connectivity index (χ2n) is 3.34. The molecule has 8 N–H and O–H groups in total. The second kappa shape index (κ2) is 6.86. The molecule has 0 saturated heterocycles. The minimum Gasteiger partial charge on any atom is -0.394 e. The first kappa shape index (κ1) is 15.4. The summed E-state index contributed by atoms with van der Waals surface area (Å²) in [7, 11) is 0. The molecule has 0 fully saturated rings. The molecule has 0 heterocycles. The molecule has 0 aromatic carbocycles. The molecule has 0 aliphatic heterocycles. The summed E-state index contributed by atoms with van der Waals surface area (Å²) < 4.78 is 0. The van der Waals surface area contributed by atoms with Crippen molar-refractivity contribution < 1.29 is 35.4 Å². The van der Waals surface area contributed by atoms with Gasteiger partial charge in [0.1, 0.15) is 30.5 Å². The van der Waals surface area contributed by atoms with Gasteiger partial charge in [-0.1, -0.05) is 0 Å². The van der Waals surface area contributed by atoms with Gasteiger partial charge in [-0.05, 0) is 0 Å². The minimum atomic E-state index is -1.99. The van der Waals surface area contributed by atoms with Crippen molar-refractivity contribution in [1.29, 1.82) is 0 Å². The maximum absolute atomic E-state index is 10.9. The highest BCUT2D eigenvalue weighted by molar-refractivity contribution is 5.85. The first-order valence-corrected chi connectivity index (χ1v) is 4.60. The van der Waals surface area contributed by atoms with E-state index in [0.29, 0.717) is 0 Å². The van der Waals surface area contributed by atoms with Crippen LogP contribution in [0.4, 0.5) is 0 Å². The SMILES string of the molecule is NCC(=O)[C@@H](O)[C@@H](O)[C@H](O)[C@H](O)[C@H](O)CO. The zero-order valence-electron chi connectivity index (χ0n) is 8.47. The van der Waals surface area contributed by atoms with E-state index in [1.165, 1.54) is 0 Å². The number of ketones is 1. The number of hydrogen-bond acceptors (Lipinski definition) is 8. The van der Waals surface area contributed by atoms with E-state index < -0.39 is 49.5 Å². The van der Waals surface area contributed by atoms with Crippen molar-refractivity contribution in [1.82, 2.24) is 0 Å². The lowest BCUT2D eigenvalue weighted by Crippen LogP contribution is -2.52. The summed E-state index contributed by atoms with van der Waals surface area (Å²) in [6.45, 7) is -1.38. The first-order chi connectivity index (χ1) is 7.36. The topological polar surface area (TPSA) is 164 Å². The number of aliphatic hydroxyl groups is 6. The molecule has 0 radical (unpaired) electrons. The number of nitrogens with two attached hydrogens (primary N) is 1. The molecule has 0 spiro atoms. The smallest absolute Gasteiger partial charge is 0.177 e. The maximum Gasteiger partial charge on any atom is 0.177 e. The molecule has 0 saturated carbocycles. The Bertz CT molecular complexity index is 224. The van der Waals surface area contributed by atoms with Crippen LogP contribution in [0.25, 0.3) is 0 Å². The summed E-state index contributed by atoms with van der Waals surface area (Å²) in [6.07, 6.45) is -9.51. The molecule has 8 heteroatoms. The lowest BCUT2D eigenvalue weighted by atomic mass is 9.97. The summed E-state index contributed by atoms with van der Waals surface area (Å²) in [5.41, 5.74) is 4.92. The van der Waals surface area contributed by atoms with Gasteiger partial charge in [-0.2, -0.15) is 0 Å². The number of aliphatic hydroxyl groups excluding tert-OH is 6. The van der Waals surface area contributed by atoms with Crippen LogP contribution >= 0.6 is 0 Å². The van der Waals surface area contributed by atoms with Crippen LogP contribution in [0.5, 0.6) is 0 Å². The van der Waals surface area contributed by atoms with Gasteiger partial charge in [-0.25, -0.2) is 0 Å². The zero-order valence-corrected chi connectivity index (χ0v) is 8.47. The van der Waals surface area contributed by atoms with E-state index in [9.17, 15) is 20.1 Å². The fourth-order valence-electron chi connectivity index (χ4n) is 1.04. The molecule has 0 aromatic rings. The molecule has 96 valence electrons. The van der Waals surface area contributed by atoms with Gasteiger partial charge < -0.3 is 36.4 Å². The van der Waals surface area contributed by atoms with E-state index >= 15 is 0 Å². The van der Waals surface area contributed by atoms with E-state index in [0.717, 1.165) is 0 Å². The fraction of sp³-hybridized carbons (Fsp3) is 0.875. The van der Waals surface area contributed by atoms with Gasteiger partial charge in [0.25, 0.3) is 0 Å². The lowest BCUT2D eigenvalue weighted by Gasteiger charge is -2.27. The number of carbonyl (C=O) groups is 1. The molecule has 0 aliphatic carbocycles. The number of Topliss-reactive ketones (excluding diaryl/α,β-unsaturated/α-hetero) is 1. The zero-order chi connectivity index (χ0) is 12.9. The Balaban J connectivity index is 4.47. The van der Waals surface area contributed by atoms with Crippen LogP contribution in [-0.4, -0.2) is 80.1 Å². The van der Waals surface area contributed by atoms with Crippen LogP contribution in [0.2, 0.25) is 0 Å². The van der Waals surface area contributed by atoms with Crippen molar-refractivity contribution in [2.45, 2.75) is 30.5 Å². The molecule has 0 amide bonds. The van der Waals surface area contributed by atoms with E-state index in [2.05, 4.69) is 0 Å². The Morgan fingerprint density at radius 3 is 1.88 bits per heavy atom. The van der Waals surface area contributed by atoms with Crippen LogP contribution in [0, 0.1) is 0 Å². The average molecular weight is 239 g/mol. The highest BCUT2D eigenvalue weighted by Crippen LogP contribution is 2.08. The highest BCUT2D eigenvalue weighted by Gasteiger charge is 2.36. The summed E-state index contributed by atoms with van der Waals surface area (Å²) in [5, 5.41) is 54.3. The molecular formula is C8H17NO7. The van der Waals surface area contributed by atoms with Crippen molar-refractivity contribution in [3.63, 3.8) is 0 Å². The van der Waals surface area contributed by atoms with Crippen LogP contribution in [0.3, 0.4) is 0 Å². The van der Waals surface area contributed by atoms with Crippen LogP contribution < -0.4 is 5.73 Å². The van der Waals surface area contributed by atoms with E-state index in [1.807, 2.05) is 0 Å². The van der Waals surface area contributed by atoms with Crippen molar-refractivity contribution in [2.24, 2.45) is 5.73 Å². The predicted octanol–water partition coefficient (Wildman–Crippen LogP) is -4.69. The molecule has 0 unspecified atom stereocenters. The summed E-state index contributed by atoms with van der Waals surface area (Å²) >= 11 is 0. The molecule has 5 atom stereocenters. The van der Waals surface area contributed by atoms with Gasteiger partial charge >= 0.3 is 0 Å². The largest absolute Gasteiger partial charge is 0.394 e. The molecular weight excluding hydrogens is 222 g/mol. The third kappa shape index (κ3) is 3.76. The maximum atomic E-state index is 10.9. The minimum absolute atomic E-state index is 0.538. The Hall–Kier alpha value is -0.610. The van der Waals surface area contributed by atoms with Gasteiger partial charge in [0.05, 0.1) is 13.2 Å². The lowest BCUT2D eigenvalue weighted by molar-refractivity contribution is -0.154. The second-order valence-corrected chi connectivity index (χ2v) is 3.34. The Labute approximate surface area is 91.6 Å². The monoisotopic (exact) mass is 239 g/mol. The van der Waals surface area contributed by atoms with Crippen molar-refractivity contribution >= 4 is 5.78 Å². The molecule has 0 aliphatic rings. The molecule has 0 bridgehead atoms. The predicted molar refractivity (Wildman–Crippen MR) is 51.2 cm³/mol. The van der Waals surface area contributed by atoms with Gasteiger partial charge in [-0.15, -0.1) is 0 Å². The normalized spacial score (nSPS) is 20.9. The average Bonchev–Trinajstić information content (AvgIpc) is 2.32. The van der Waals surface area contributed by atoms with Crippen LogP contribution in [0.1, 0.15) is 0 Å². The van der Waals surface area contributed by atoms with Gasteiger partial charge in [0.2, 0.25) is 0 Å². The van der Waals surface area contributed by atoms with Crippen LogP contribution in [-0.2, 0) is 4.79 Å². The quantitative estimate of drug-likeness (QED) is 0.233. The van der Waals surface area contributed by atoms with Crippen molar-refractivity contribution in [2.75, 3.05) is 13.2 Å². The molecule has 0 aromatic heterocycles. The first-order valence-electron chi connectivity index (χ1n) is 4.60. The Morgan fingerprint density at radius 2 is 1.50 bits per heavy atom. The van der Waals surface area contributed by atoms with Crippen molar-refractivity contribution in [3.05, 3.63) is 0 Å². The standard InChI is InChI=1S/C8H17NO7/c9-1-3(11)5(13)7(15)8(16)6(14)4(12)2-10/h4-8,10,12-16H,1-2,9H2/t4-,5-,6-,7-,8-/m1/s1. The van der Waals surface area contributed by atoms with Gasteiger partial charge in [0, 0.05) is 0 Å². The highest BCUT2D eigenvalue weighted by atomic mass is 16.4. The number of rotatable bonds is 7. The summed E-state index contributed by atoms with van der Waals surface area (Å²) in [5.74, 6) is -0.919. The van der Waals surface area contributed by atoms with Gasteiger partial charge in [-0.3, -0.25) is 4.79 Å². The fourth-order valence-corrected chi connectivity index (χ4v) is 1.04. The number of carbonyl (C=O) groups excluding carboxylic acids is 1. The van der Waals surface area contributed by atoms with E-state index in [-0.39, 0.29) is 0 Å². The Kier molecular flexibility index (Phi) is 6.60. The van der Waals surface area contributed by atoms with E-state index in [4.69, 9.17) is 21.1 Å². The third-order valence-electron chi connectivity index (χ3n) is 2.14. The van der Waals surface area contributed by atoms with Crippen LogP contribution in [0.15, 0.2) is 0 Å². The summed E-state index contributed by atoms with van der Waals surface area (Å²) in [4.78, 5) is 10.9. The molecule has 16 heavy (non-hydrogen) atoms. The van der Waals surface area contributed by atoms with E-state index in [1.54, 1.807) is 0 Å². The summed E-state index contributed by atoms with van der Waals surface area (Å²) in [6, 6.07) is 0.